The van der Waals surface area contributed by atoms with Gasteiger partial charge in [-0.15, -0.1) is 0 Å². The van der Waals surface area contributed by atoms with Crippen molar-refractivity contribution in [1.82, 2.24) is 9.21 Å². The third-order valence-electron chi connectivity index (χ3n) is 4.41. The van der Waals surface area contributed by atoms with Crippen LogP contribution in [0.15, 0.2) is 45.8 Å². The zero-order valence-electron chi connectivity index (χ0n) is 15.0. The van der Waals surface area contributed by atoms with Crippen LogP contribution in [0.3, 0.4) is 0 Å². The maximum absolute atomic E-state index is 13.9. The molecule has 0 radical (unpaired) electrons. The first-order valence-electron chi connectivity index (χ1n) is 8.59. The molecule has 0 bridgehead atoms. The van der Waals surface area contributed by atoms with Gasteiger partial charge in [-0.2, -0.15) is 4.31 Å². The van der Waals surface area contributed by atoms with E-state index in [4.69, 9.17) is 0 Å². The molecule has 1 heterocycles. The van der Waals surface area contributed by atoms with Crippen LogP contribution in [0, 0.1) is 17.5 Å². The first kappa shape index (κ1) is 21.8. The van der Waals surface area contributed by atoms with Gasteiger partial charge in [-0.1, -0.05) is 15.9 Å². The van der Waals surface area contributed by atoms with Crippen LogP contribution in [0.4, 0.5) is 18.9 Å². The summed E-state index contributed by atoms with van der Waals surface area (Å²) in [5, 5.41) is 2.47. The molecule has 156 valence electrons. The molecule has 2 aromatic carbocycles. The lowest BCUT2D eigenvalue weighted by molar-refractivity contribution is -0.117. The Morgan fingerprint density at radius 1 is 1.00 bits per heavy atom. The van der Waals surface area contributed by atoms with Crippen LogP contribution in [0.1, 0.15) is 0 Å². The van der Waals surface area contributed by atoms with Crippen molar-refractivity contribution >= 4 is 37.5 Å². The Balaban J connectivity index is 1.58. The fraction of sp³-hybridized carbons (Fsp3) is 0.278. The van der Waals surface area contributed by atoms with Gasteiger partial charge in [-0.25, -0.2) is 21.6 Å². The number of carbonyl (C=O) groups excluding carboxylic acids is 1. The summed E-state index contributed by atoms with van der Waals surface area (Å²) in [5.41, 5.74) is 0.0426. The number of hydrogen-bond donors (Lipinski definition) is 1. The molecule has 0 atom stereocenters. The number of carbonyl (C=O) groups is 1. The van der Waals surface area contributed by atoms with Crippen LogP contribution < -0.4 is 5.32 Å². The van der Waals surface area contributed by atoms with Crippen molar-refractivity contribution in [2.45, 2.75) is 4.90 Å². The molecule has 1 fully saturated rings. The summed E-state index contributed by atoms with van der Waals surface area (Å²) in [5.74, 6) is -2.90. The number of anilines is 1. The minimum absolute atomic E-state index is 0.0121. The second-order valence-electron chi connectivity index (χ2n) is 6.43. The lowest BCUT2D eigenvalue weighted by atomic mass is 10.3. The molecule has 0 aliphatic carbocycles. The second kappa shape index (κ2) is 8.82. The highest BCUT2D eigenvalue weighted by Gasteiger charge is 2.31. The molecule has 0 saturated carbocycles. The molecule has 1 aliphatic rings. The van der Waals surface area contributed by atoms with Crippen LogP contribution in [0.5, 0.6) is 0 Å². The van der Waals surface area contributed by atoms with Gasteiger partial charge in [0.15, 0.2) is 0 Å². The van der Waals surface area contributed by atoms with E-state index in [2.05, 4.69) is 21.2 Å². The van der Waals surface area contributed by atoms with Gasteiger partial charge >= 0.3 is 0 Å². The van der Waals surface area contributed by atoms with Crippen molar-refractivity contribution in [3.63, 3.8) is 0 Å². The number of rotatable bonds is 5. The van der Waals surface area contributed by atoms with E-state index in [1.807, 2.05) is 0 Å². The van der Waals surface area contributed by atoms with E-state index in [1.165, 1.54) is 12.1 Å². The SMILES string of the molecule is O=C(CN1CCN(S(=O)(=O)c2cc(F)ccc2F)CC1)Nc1ccc(Br)cc1F. The highest BCUT2D eigenvalue weighted by atomic mass is 79.9. The smallest absolute Gasteiger partial charge is 0.246 e. The number of sulfonamides is 1. The molecule has 11 heteroatoms. The van der Waals surface area contributed by atoms with Crippen LogP contribution in [0.25, 0.3) is 0 Å². The van der Waals surface area contributed by atoms with E-state index in [-0.39, 0.29) is 38.4 Å². The van der Waals surface area contributed by atoms with E-state index in [1.54, 1.807) is 11.0 Å². The molecule has 1 N–H and O–H groups in total. The van der Waals surface area contributed by atoms with Gasteiger partial charge in [-0.3, -0.25) is 9.69 Å². The monoisotopic (exact) mass is 491 g/mol. The van der Waals surface area contributed by atoms with Gasteiger partial charge < -0.3 is 5.32 Å². The van der Waals surface area contributed by atoms with Crippen molar-refractivity contribution in [3.8, 4) is 0 Å². The highest BCUT2D eigenvalue weighted by Crippen LogP contribution is 2.22. The van der Waals surface area contributed by atoms with Gasteiger partial charge in [0, 0.05) is 30.7 Å². The molecule has 0 spiro atoms. The maximum atomic E-state index is 13.9. The normalized spacial score (nSPS) is 16.0. The number of hydrogen-bond acceptors (Lipinski definition) is 4. The molecule has 0 aromatic heterocycles. The largest absolute Gasteiger partial charge is 0.322 e. The number of piperazine rings is 1. The van der Waals surface area contributed by atoms with E-state index in [0.717, 1.165) is 16.4 Å². The Hall–Kier alpha value is -1.95. The minimum atomic E-state index is -4.19. The Morgan fingerprint density at radius 3 is 2.34 bits per heavy atom. The highest BCUT2D eigenvalue weighted by molar-refractivity contribution is 9.10. The van der Waals surface area contributed by atoms with Crippen LogP contribution in [-0.4, -0.2) is 56.3 Å². The predicted octanol–water partition coefficient (Wildman–Crippen LogP) is 2.81. The summed E-state index contributed by atoms with van der Waals surface area (Å²) < 4.78 is 67.8. The molecule has 29 heavy (non-hydrogen) atoms. The molecule has 1 amide bonds. The van der Waals surface area contributed by atoms with Crippen molar-refractivity contribution in [3.05, 3.63) is 58.3 Å². The number of amides is 1. The van der Waals surface area contributed by atoms with E-state index in [9.17, 15) is 26.4 Å². The zero-order valence-corrected chi connectivity index (χ0v) is 17.4. The molecule has 6 nitrogen and oxygen atoms in total. The summed E-state index contributed by atoms with van der Waals surface area (Å²) in [4.78, 5) is 13.1. The number of nitrogens with zero attached hydrogens (tertiary/aromatic N) is 2. The quantitative estimate of drug-likeness (QED) is 0.698. The molecule has 1 aliphatic heterocycles. The van der Waals surface area contributed by atoms with Crippen molar-refractivity contribution in [2.75, 3.05) is 38.0 Å². The maximum Gasteiger partial charge on any atom is 0.246 e. The van der Waals surface area contributed by atoms with Gasteiger partial charge in [0.1, 0.15) is 22.3 Å². The van der Waals surface area contributed by atoms with E-state index in [0.29, 0.717) is 10.5 Å². The lowest BCUT2D eigenvalue weighted by Crippen LogP contribution is -2.50. The Morgan fingerprint density at radius 2 is 1.69 bits per heavy atom. The summed E-state index contributed by atoms with van der Waals surface area (Å²) in [6.07, 6.45) is 0. The third kappa shape index (κ3) is 5.16. The Labute approximate surface area is 174 Å². The van der Waals surface area contributed by atoms with Crippen molar-refractivity contribution in [1.29, 1.82) is 0 Å². The van der Waals surface area contributed by atoms with Crippen LogP contribution in [-0.2, 0) is 14.8 Å². The molecular weight excluding hydrogens is 475 g/mol. The first-order chi connectivity index (χ1) is 13.7. The summed E-state index contributed by atoms with van der Waals surface area (Å²) >= 11 is 3.13. The minimum Gasteiger partial charge on any atom is -0.322 e. The second-order valence-corrected chi connectivity index (χ2v) is 9.25. The number of benzene rings is 2. The Bertz CT molecular complexity index is 1030. The third-order valence-corrected chi connectivity index (χ3v) is 6.82. The fourth-order valence-electron chi connectivity index (χ4n) is 2.93. The van der Waals surface area contributed by atoms with Gasteiger partial charge in [0.05, 0.1) is 12.2 Å². The Kier molecular flexibility index (Phi) is 6.62. The van der Waals surface area contributed by atoms with E-state index < -0.39 is 38.3 Å². The summed E-state index contributed by atoms with van der Waals surface area (Å²) in [6, 6.07) is 6.51. The summed E-state index contributed by atoms with van der Waals surface area (Å²) in [7, 11) is -4.19. The average Bonchev–Trinajstić information content (AvgIpc) is 2.66. The molecule has 2 aromatic rings. The van der Waals surface area contributed by atoms with Gasteiger partial charge in [0.25, 0.3) is 0 Å². The zero-order chi connectivity index (χ0) is 21.2. The lowest BCUT2D eigenvalue weighted by Gasteiger charge is -2.33. The van der Waals surface area contributed by atoms with Crippen LogP contribution in [0.2, 0.25) is 0 Å². The summed E-state index contributed by atoms with van der Waals surface area (Å²) in [6.45, 7) is 0.396. The molecule has 1 saturated heterocycles. The standard InChI is InChI=1S/C18H17BrF3N3O3S/c19-12-1-4-16(15(22)9-12)23-18(26)11-24-5-7-25(8-6-24)29(27,28)17-10-13(20)2-3-14(17)21/h1-4,9-10H,5-8,11H2,(H,23,26). The molecule has 0 unspecified atom stereocenters. The van der Waals surface area contributed by atoms with Gasteiger partial charge in [0.2, 0.25) is 15.9 Å². The molecule has 3 rings (SSSR count). The number of nitrogens with one attached hydrogen (secondary N) is 1. The van der Waals surface area contributed by atoms with Crippen LogP contribution >= 0.6 is 15.9 Å². The predicted molar refractivity (Wildman–Crippen MR) is 104 cm³/mol. The average molecular weight is 492 g/mol. The molecular formula is C18H17BrF3N3O3S. The van der Waals surface area contributed by atoms with E-state index >= 15 is 0 Å². The fourth-order valence-corrected chi connectivity index (χ4v) is 4.76. The number of halogens is 4. The topological polar surface area (TPSA) is 69.7 Å². The van der Waals surface area contributed by atoms with Crippen molar-refractivity contribution in [2.24, 2.45) is 0 Å². The van der Waals surface area contributed by atoms with Gasteiger partial charge in [-0.05, 0) is 36.4 Å². The van der Waals surface area contributed by atoms with Crippen molar-refractivity contribution < 1.29 is 26.4 Å². The first-order valence-corrected chi connectivity index (χ1v) is 10.8.